The Morgan fingerprint density at radius 3 is 2.46 bits per heavy atom. The molecule has 0 atom stereocenters. The summed E-state index contributed by atoms with van der Waals surface area (Å²) in [5.41, 5.74) is 3.27. The van der Waals surface area contributed by atoms with Crippen LogP contribution in [0.3, 0.4) is 0 Å². The fourth-order valence-corrected chi connectivity index (χ4v) is 5.31. The fourth-order valence-electron chi connectivity index (χ4n) is 4.11. The number of nitrogens with zero attached hydrogens (tertiary/aromatic N) is 2. The third-order valence-electron chi connectivity index (χ3n) is 5.99. The van der Waals surface area contributed by atoms with Gasteiger partial charge in [0, 0.05) is 49.0 Å². The van der Waals surface area contributed by atoms with Gasteiger partial charge in [-0.1, -0.05) is 41.4 Å². The summed E-state index contributed by atoms with van der Waals surface area (Å²) in [5, 5.41) is 7.35. The van der Waals surface area contributed by atoms with Crippen molar-refractivity contribution in [2.45, 2.75) is 13.5 Å². The highest BCUT2D eigenvalue weighted by atomic mass is 79.9. The Balaban J connectivity index is 1.30. The summed E-state index contributed by atoms with van der Waals surface area (Å²) in [4.78, 5) is 17.3. The van der Waals surface area contributed by atoms with Gasteiger partial charge in [0.25, 0.3) is 5.91 Å². The first-order valence-electron chi connectivity index (χ1n) is 11.9. The van der Waals surface area contributed by atoms with Crippen LogP contribution in [0.5, 0.6) is 5.75 Å². The monoisotopic (exact) mass is 620 g/mol. The Kier molecular flexibility index (Phi) is 9.67. The van der Waals surface area contributed by atoms with E-state index in [9.17, 15) is 4.79 Å². The van der Waals surface area contributed by atoms with Crippen LogP contribution in [0.1, 0.15) is 22.8 Å². The Morgan fingerprint density at radius 1 is 1.03 bits per heavy atom. The Bertz CT molecular complexity index is 1290. The van der Waals surface area contributed by atoms with Gasteiger partial charge in [-0.15, -0.1) is 0 Å². The number of benzene rings is 3. The SMILES string of the molecule is CCOc1ccc(C(=O)NC(=S)Nc2ccc(N3CCN(Cc4ccccc4Cl)CC3)c(Cl)c2)cc1Br. The number of nitrogens with one attached hydrogen (secondary N) is 2. The lowest BCUT2D eigenvalue weighted by Crippen LogP contribution is -2.46. The molecule has 4 rings (SSSR count). The molecule has 2 N–H and O–H groups in total. The van der Waals surface area contributed by atoms with Crippen molar-refractivity contribution in [3.05, 3.63) is 86.3 Å². The molecule has 1 aliphatic rings. The third-order valence-corrected chi connectivity index (χ3v) is 7.49. The number of rotatable bonds is 7. The zero-order valence-corrected chi connectivity index (χ0v) is 24.2. The second-order valence-electron chi connectivity index (χ2n) is 8.51. The van der Waals surface area contributed by atoms with Gasteiger partial charge in [0.05, 0.1) is 21.8 Å². The van der Waals surface area contributed by atoms with E-state index in [2.05, 4.69) is 42.4 Å². The first-order valence-corrected chi connectivity index (χ1v) is 13.8. The number of carbonyl (C=O) groups is 1. The maximum Gasteiger partial charge on any atom is 0.257 e. The molecule has 1 heterocycles. The van der Waals surface area contributed by atoms with Crippen molar-refractivity contribution in [2.24, 2.45) is 0 Å². The van der Waals surface area contributed by atoms with Gasteiger partial charge in [-0.2, -0.15) is 0 Å². The van der Waals surface area contributed by atoms with E-state index in [4.69, 9.17) is 40.2 Å². The summed E-state index contributed by atoms with van der Waals surface area (Å²) in [6, 6.07) is 18.8. The highest BCUT2D eigenvalue weighted by Gasteiger charge is 2.20. The maximum atomic E-state index is 12.6. The van der Waals surface area contributed by atoms with Crippen LogP contribution in [0.15, 0.2) is 65.1 Å². The standard InChI is InChI=1S/C27H27BrCl2N4O2S/c1-2-36-25-10-7-18(15-21(25)28)26(35)32-27(37)31-20-8-9-24(23(30)16-20)34-13-11-33(12-14-34)17-19-5-3-4-6-22(19)29/h3-10,15-16H,2,11-14,17H2,1H3,(H2,31,32,35,37). The normalized spacial score (nSPS) is 13.8. The van der Waals surface area contributed by atoms with Gasteiger partial charge >= 0.3 is 0 Å². The average Bonchev–Trinajstić information content (AvgIpc) is 2.87. The molecule has 1 amide bonds. The highest BCUT2D eigenvalue weighted by molar-refractivity contribution is 9.10. The number of carbonyl (C=O) groups excluding carboxylic acids is 1. The molecule has 10 heteroatoms. The molecular formula is C27H27BrCl2N4O2S. The van der Waals surface area contributed by atoms with E-state index >= 15 is 0 Å². The Morgan fingerprint density at radius 2 is 1.78 bits per heavy atom. The number of anilines is 2. The zero-order valence-electron chi connectivity index (χ0n) is 20.3. The van der Waals surface area contributed by atoms with Crippen LogP contribution in [0, 0.1) is 0 Å². The predicted molar refractivity (Wildman–Crippen MR) is 159 cm³/mol. The summed E-state index contributed by atoms with van der Waals surface area (Å²) in [6.45, 7) is 6.84. The van der Waals surface area contributed by atoms with Gasteiger partial charge in [0.15, 0.2) is 5.11 Å². The lowest BCUT2D eigenvalue weighted by atomic mass is 10.2. The van der Waals surface area contributed by atoms with Crippen LogP contribution in [-0.4, -0.2) is 48.7 Å². The molecule has 6 nitrogen and oxygen atoms in total. The number of hydrogen-bond donors (Lipinski definition) is 2. The minimum absolute atomic E-state index is 0.187. The van der Waals surface area contributed by atoms with E-state index in [0.717, 1.165) is 49.0 Å². The van der Waals surface area contributed by atoms with Crippen LogP contribution in [0.25, 0.3) is 0 Å². The van der Waals surface area contributed by atoms with E-state index < -0.39 is 0 Å². The molecule has 0 unspecified atom stereocenters. The largest absolute Gasteiger partial charge is 0.493 e. The third kappa shape index (κ3) is 7.36. The summed E-state index contributed by atoms with van der Waals surface area (Å²) < 4.78 is 6.19. The number of thiocarbonyl (C=S) groups is 1. The molecule has 3 aromatic rings. The summed E-state index contributed by atoms with van der Waals surface area (Å²) in [6.07, 6.45) is 0. The molecular weight excluding hydrogens is 595 g/mol. The van der Waals surface area contributed by atoms with E-state index in [-0.39, 0.29) is 11.0 Å². The summed E-state index contributed by atoms with van der Waals surface area (Å²) in [5.74, 6) is 0.357. The lowest BCUT2D eigenvalue weighted by Gasteiger charge is -2.36. The lowest BCUT2D eigenvalue weighted by molar-refractivity contribution is 0.0977. The van der Waals surface area contributed by atoms with Crippen molar-refractivity contribution < 1.29 is 9.53 Å². The second-order valence-corrected chi connectivity index (χ2v) is 10.6. The van der Waals surface area contributed by atoms with E-state index in [1.54, 1.807) is 18.2 Å². The van der Waals surface area contributed by atoms with E-state index in [1.165, 1.54) is 0 Å². The van der Waals surface area contributed by atoms with Gasteiger partial charge in [0.1, 0.15) is 5.75 Å². The zero-order chi connectivity index (χ0) is 26.4. The van der Waals surface area contributed by atoms with Crippen LogP contribution < -0.4 is 20.3 Å². The maximum absolute atomic E-state index is 12.6. The topological polar surface area (TPSA) is 56.8 Å². The van der Waals surface area contributed by atoms with Gasteiger partial charge < -0.3 is 15.0 Å². The molecule has 0 radical (unpaired) electrons. The molecule has 1 saturated heterocycles. The van der Waals surface area contributed by atoms with Crippen LogP contribution in [-0.2, 0) is 6.54 Å². The molecule has 0 aromatic heterocycles. The minimum Gasteiger partial charge on any atom is -0.493 e. The number of hydrogen-bond acceptors (Lipinski definition) is 5. The van der Waals surface area contributed by atoms with Crippen molar-refractivity contribution >= 4 is 73.7 Å². The van der Waals surface area contributed by atoms with Crippen molar-refractivity contribution in [1.82, 2.24) is 10.2 Å². The Labute approximate surface area is 241 Å². The van der Waals surface area contributed by atoms with Gasteiger partial charge in [0.2, 0.25) is 0 Å². The molecule has 0 saturated carbocycles. The second kappa shape index (κ2) is 12.9. The van der Waals surface area contributed by atoms with Crippen LogP contribution in [0.2, 0.25) is 10.0 Å². The summed E-state index contributed by atoms with van der Waals surface area (Å²) in [7, 11) is 0. The molecule has 3 aromatic carbocycles. The van der Waals surface area contributed by atoms with Crippen molar-refractivity contribution in [1.29, 1.82) is 0 Å². The van der Waals surface area contributed by atoms with Crippen molar-refractivity contribution in [3.8, 4) is 5.75 Å². The highest BCUT2D eigenvalue weighted by Crippen LogP contribution is 2.30. The number of ether oxygens (including phenoxy) is 1. The molecule has 0 bridgehead atoms. The number of piperazine rings is 1. The van der Waals surface area contributed by atoms with Crippen LogP contribution >= 0.6 is 51.3 Å². The van der Waals surface area contributed by atoms with Crippen LogP contribution in [0.4, 0.5) is 11.4 Å². The Hall–Kier alpha value is -2.36. The number of halogens is 3. The van der Waals surface area contributed by atoms with Crippen molar-refractivity contribution in [3.63, 3.8) is 0 Å². The van der Waals surface area contributed by atoms with Gasteiger partial charge in [-0.05, 0) is 83.1 Å². The molecule has 1 aliphatic heterocycles. The minimum atomic E-state index is -0.321. The fraction of sp³-hybridized carbons (Fsp3) is 0.259. The van der Waals surface area contributed by atoms with E-state index in [0.29, 0.717) is 33.1 Å². The van der Waals surface area contributed by atoms with Gasteiger partial charge in [-0.25, -0.2) is 0 Å². The molecule has 0 aliphatic carbocycles. The quantitative estimate of drug-likeness (QED) is 0.290. The molecule has 1 fully saturated rings. The molecule has 0 spiro atoms. The average molecular weight is 622 g/mol. The van der Waals surface area contributed by atoms with Gasteiger partial charge in [-0.3, -0.25) is 15.0 Å². The smallest absolute Gasteiger partial charge is 0.257 e. The predicted octanol–water partition coefficient (Wildman–Crippen LogP) is 6.60. The first-order chi connectivity index (χ1) is 17.8. The molecule has 37 heavy (non-hydrogen) atoms. The first kappa shape index (κ1) is 27.7. The summed E-state index contributed by atoms with van der Waals surface area (Å²) >= 11 is 21.7. The van der Waals surface area contributed by atoms with Crippen molar-refractivity contribution in [2.75, 3.05) is 43.0 Å². The van der Waals surface area contributed by atoms with E-state index in [1.807, 2.05) is 43.3 Å². The number of amides is 1. The molecule has 194 valence electrons.